The average molecular weight is 417 g/mol. The van der Waals surface area contributed by atoms with Gasteiger partial charge in [-0.15, -0.1) is 11.8 Å². The van der Waals surface area contributed by atoms with Crippen molar-refractivity contribution in [3.63, 3.8) is 0 Å². The molecule has 0 spiro atoms. The SMILES string of the molecule is COc1ccc(SCCC(=O)Nc2cc(CN3CCSCC3)ccc2C)cc1. The van der Waals surface area contributed by atoms with Crippen LogP contribution in [0.25, 0.3) is 0 Å². The van der Waals surface area contributed by atoms with Crippen molar-refractivity contribution in [3.8, 4) is 5.75 Å². The largest absolute Gasteiger partial charge is 0.497 e. The summed E-state index contributed by atoms with van der Waals surface area (Å²) in [4.78, 5) is 16.0. The number of hydrogen-bond acceptors (Lipinski definition) is 5. The molecule has 0 radical (unpaired) electrons. The Hall–Kier alpha value is -1.63. The smallest absolute Gasteiger partial charge is 0.225 e. The first-order chi connectivity index (χ1) is 13.6. The average Bonchev–Trinajstić information content (AvgIpc) is 2.72. The van der Waals surface area contributed by atoms with Gasteiger partial charge in [-0.05, 0) is 48.4 Å². The van der Waals surface area contributed by atoms with Crippen LogP contribution in [0.4, 0.5) is 5.69 Å². The Kier molecular flexibility index (Phi) is 8.13. The molecule has 28 heavy (non-hydrogen) atoms. The molecule has 1 aliphatic heterocycles. The van der Waals surface area contributed by atoms with Gasteiger partial charge in [-0.1, -0.05) is 12.1 Å². The molecule has 4 nitrogen and oxygen atoms in total. The van der Waals surface area contributed by atoms with Gasteiger partial charge in [-0.25, -0.2) is 0 Å². The number of anilines is 1. The fourth-order valence-corrected chi connectivity index (χ4v) is 4.90. The summed E-state index contributed by atoms with van der Waals surface area (Å²) in [5.74, 6) is 4.08. The minimum Gasteiger partial charge on any atom is -0.497 e. The van der Waals surface area contributed by atoms with Crippen molar-refractivity contribution >= 4 is 35.1 Å². The Bertz CT molecular complexity index is 775. The van der Waals surface area contributed by atoms with E-state index in [1.807, 2.05) is 43.0 Å². The molecule has 2 aromatic rings. The third kappa shape index (κ3) is 6.47. The van der Waals surface area contributed by atoms with E-state index >= 15 is 0 Å². The second-order valence-corrected chi connectivity index (χ2v) is 9.25. The van der Waals surface area contributed by atoms with E-state index in [-0.39, 0.29) is 5.91 Å². The van der Waals surface area contributed by atoms with Gasteiger partial charge in [0.2, 0.25) is 5.91 Å². The lowest BCUT2D eigenvalue weighted by atomic mass is 10.1. The van der Waals surface area contributed by atoms with Crippen LogP contribution in [0.3, 0.4) is 0 Å². The molecule has 3 rings (SSSR count). The third-order valence-electron chi connectivity index (χ3n) is 4.74. The minimum atomic E-state index is 0.0654. The maximum absolute atomic E-state index is 12.4. The maximum atomic E-state index is 12.4. The number of carbonyl (C=O) groups is 1. The zero-order chi connectivity index (χ0) is 19.8. The highest BCUT2D eigenvalue weighted by Gasteiger charge is 2.12. The number of nitrogens with one attached hydrogen (secondary N) is 1. The van der Waals surface area contributed by atoms with Gasteiger partial charge in [0.05, 0.1) is 7.11 Å². The van der Waals surface area contributed by atoms with Gasteiger partial charge >= 0.3 is 0 Å². The van der Waals surface area contributed by atoms with E-state index in [1.165, 1.54) is 17.1 Å². The predicted molar refractivity (Wildman–Crippen MR) is 121 cm³/mol. The number of aryl methyl sites for hydroxylation is 1. The molecular formula is C22H28N2O2S2. The molecule has 1 saturated heterocycles. The zero-order valence-corrected chi connectivity index (χ0v) is 18.2. The standard InChI is InChI=1S/C22H28N2O2S2/c1-17-3-4-18(16-24-10-13-27-14-11-24)15-21(17)23-22(25)9-12-28-20-7-5-19(26-2)6-8-20/h3-8,15H,9-14,16H2,1-2H3,(H,23,25). The number of amides is 1. The molecule has 1 fully saturated rings. The number of carbonyl (C=O) groups excluding carboxylic acids is 1. The van der Waals surface area contributed by atoms with Crippen LogP contribution >= 0.6 is 23.5 Å². The van der Waals surface area contributed by atoms with Crippen LogP contribution in [0.2, 0.25) is 0 Å². The van der Waals surface area contributed by atoms with Crippen LogP contribution in [-0.2, 0) is 11.3 Å². The van der Waals surface area contributed by atoms with Crippen molar-refractivity contribution in [2.45, 2.75) is 24.8 Å². The number of ether oxygens (including phenoxy) is 1. The van der Waals surface area contributed by atoms with Gasteiger partial charge in [-0.2, -0.15) is 11.8 Å². The van der Waals surface area contributed by atoms with E-state index in [4.69, 9.17) is 4.74 Å². The number of hydrogen-bond donors (Lipinski definition) is 1. The van der Waals surface area contributed by atoms with Crippen LogP contribution in [0.5, 0.6) is 5.75 Å². The van der Waals surface area contributed by atoms with E-state index in [9.17, 15) is 4.79 Å². The Morgan fingerprint density at radius 1 is 1.18 bits per heavy atom. The summed E-state index contributed by atoms with van der Waals surface area (Å²) < 4.78 is 5.17. The van der Waals surface area contributed by atoms with E-state index in [0.29, 0.717) is 6.42 Å². The number of nitrogens with zero attached hydrogens (tertiary/aromatic N) is 1. The Morgan fingerprint density at radius 3 is 2.64 bits per heavy atom. The van der Waals surface area contributed by atoms with Crippen molar-refractivity contribution in [2.75, 3.05) is 42.8 Å². The van der Waals surface area contributed by atoms with E-state index < -0.39 is 0 Å². The molecule has 6 heteroatoms. The quantitative estimate of drug-likeness (QED) is 0.633. The van der Waals surface area contributed by atoms with Crippen molar-refractivity contribution in [1.82, 2.24) is 4.90 Å². The lowest BCUT2D eigenvalue weighted by Crippen LogP contribution is -2.32. The molecule has 0 aliphatic carbocycles. The lowest BCUT2D eigenvalue weighted by molar-refractivity contribution is -0.115. The first kappa shape index (κ1) is 21.1. The van der Waals surface area contributed by atoms with Crippen LogP contribution in [-0.4, -0.2) is 48.3 Å². The van der Waals surface area contributed by atoms with Crippen LogP contribution in [0.1, 0.15) is 17.5 Å². The molecule has 0 saturated carbocycles. The molecule has 1 heterocycles. The van der Waals surface area contributed by atoms with Crippen molar-refractivity contribution in [1.29, 1.82) is 0 Å². The summed E-state index contributed by atoms with van der Waals surface area (Å²) >= 11 is 3.71. The molecule has 1 aliphatic rings. The number of thioether (sulfide) groups is 2. The highest BCUT2D eigenvalue weighted by atomic mass is 32.2. The monoisotopic (exact) mass is 416 g/mol. The fraction of sp³-hybridized carbons (Fsp3) is 0.409. The first-order valence-electron chi connectivity index (χ1n) is 9.60. The van der Waals surface area contributed by atoms with Gasteiger partial charge in [0.1, 0.15) is 5.75 Å². The zero-order valence-electron chi connectivity index (χ0n) is 16.6. The summed E-state index contributed by atoms with van der Waals surface area (Å²) in [5.41, 5.74) is 3.30. The Balaban J connectivity index is 1.48. The highest BCUT2D eigenvalue weighted by Crippen LogP contribution is 2.23. The second kappa shape index (κ2) is 10.8. The first-order valence-corrected chi connectivity index (χ1v) is 11.7. The van der Waals surface area contributed by atoms with Gasteiger partial charge in [0.25, 0.3) is 0 Å². The summed E-state index contributed by atoms with van der Waals surface area (Å²) in [7, 11) is 1.66. The van der Waals surface area contributed by atoms with Crippen LogP contribution in [0.15, 0.2) is 47.4 Å². The summed E-state index contributed by atoms with van der Waals surface area (Å²) in [5, 5.41) is 3.10. The molecule has 1 N–H and O–H groups in total. The van der Waals surface area contributed by atoms with Crippen molar-refractivity contribution < 1.29 is 9.53 Å². The summed E-state index contributed by atoms with van der Waals surface area (Å²) in [6, 6.07) is 14.3. The number of rotatable bonds is 8. The van der Waals surface area contributed by atoms with E-state index in [1.54, 1.807) is 18.9 Å². The van der Waals surface area contributed by atoms with Gasteiger partial charge in [0, 0.05) is 53.9 Å². The topological polar surface area (TPSA) is 41.6 Å². The van der Waals surface area contributed by atoms with Gasteiger partial charge in [-0.3, -0.25) is 9.69 Å². The lowest BCUT2D eigenvalue weighted by Gasteiger charge is -2.26. The molecule has 0 bridgehead atoms. The van der Waals surface area contributed by atoms with Crippen LogP contribution < -0.4 is 10.1 Å². The normalized spacial score (nSPS) is 14.6. The predicted octanol–water partition coefficient (Wildman–Crippen LogP) is 4.67. The van der Waals surface area contributed by atoms with Crippen LogP contribution in [0, 0.1) is 6.92 Å². The molecule has 150 valence electrons. The Labute approximate surface area is 176 Å². The maximum Gasteiger partial charge on any atom is 0.225 e. The fourth-order valence-electron chi connectivity index (χ4n) is 3.07. The molecule has 1 amide bonds. The molecule has 0 atom stereocenters. The number of methoxy groups -OCH3 is 1. The van der Waals surface area contributed by atoms with Gasteiger partial charge in [0.15, 0.2) is 0 Å². The summed E-state index contributed by atoms with van der Waals surface area (Å²) in [6.45, 7) is 5.28. The Morgan fingerprint density at radius 2 is 1.93 bits per heavy atom. The van der Waals surface area contributed by atoms with E-state index in [0.717, 1.165) is 47.3 Å². The highest BCUT2D eigenvalue weighted by molar-refractivity contribution is 7.99. The summed E-state index contributed by atoms with van der Waals surface area (Å²) in [6.07, 6.45) is 0.490. The molecule has 0 aromatic heterocycles. The molecular weight excluding hydrogens is 388 g/mol. The minimum absolute atomic E-state index is 0.0654. The van der Waals surface area contributed by atoms with Gasteiger partial charge < -0.3 is 10.1 Å². The van der Waals surface area contributed by atoms with Crippen molar-refractivity contribution in [3.05, 3.63) is 53.6 Å². The third-order valence-corrected chi connectivity index (χ3v) is 6.70. The molecule has 2 aromatic carbocycles. The van der Waals surface area contributed by atoms with E-state index in [2.05, 4.69) is 28.4 Å². The molecule has 0 unspecified atom stereocenters. The second-order valence-electron chi connectivity index (χ2n) is 6.86. The van der Waals surface area contributed by atoms with Crippen molar-refractivity contribution in [2.24, 2.45) is 0 Å². The number of benzene rings is 2.